The molecule has 2 aliphatic rings. The van der Waals surface area contributed by atoms with Crippen molar-refractivity contribution in [3.05, 3.63) is 42.4 Å². The standard InChI is InChI=1S/C25H32N4O4S2/c1-2-34-25-26-22-15-21(35(31)32)3-4-23(22)29(25)20-7-12-28(13-8-20)24(30)19-5-10-27(11-6-19)16-18-9-14-33-17-18/h3-4,9,14-15,17,19-20,35H,2,5-8,10-13,16H2,1H3. The van der Waals surface area contributed by atoms with Gasteiger partial charge in [0.1, 0.15) is 0 Å². The highest BCUT2D eigenvalue weighted by molar-refractivity contribution is 7.99. The number of carbonyl (C=O) groups excluding carboxylic acids is 1. The van der Waals surface area contributed by atoms with Crippen LogP contribution < -0.4 is 0 Å². The summed E-state index contributed by atoms with van der Waals surface area (Å²) in [6, 6.07) is 7.44. The number of hydrogen-bond donors (Lipinski definition) is 1. The first-order chi connectivity index (χ1) is 17.0. The molecule has 1 amide bonds. The molecule has 0 aliphatic carbocycles. The Morgan fingerprint density at radius 2 is 1.89 bits per heavy atom. The van der Waals surface area contributed by atoms with Gasteiger partial charge in [-0.1, -0.05) is 18.7 Å². The molecule has 4 heterocycles. The Kier molecular flexibility index (Phi) is 7.50. The fraction of sp³-hybridized carbons (Fsp3) is 0.520. The number of piperidine rings is 2. The fourth-order valence-corrected chi connectivity index (χ4v) is 6.58. The van der Waals surface area contributed by atoms with Crippen LogP contribution in [0.5, 0.6) is 0 Å². The minimum atomic E-state index is -2.63. The van der Waals surface area contributed by atoms with Crippen LogP contribution in [-0.4, -0.2) is 65.6 Å². The maximum Gasteiger partial charge on any atom is 0.225 e. The van der Waals surface area contributed by atoms with E-state index in [-0.39, 0.29) is 12.0 Å². The molecular formula is C25H32N4O4S2. The van der Waals surface area contributed by atoms with E-state index in [0.29, 0.717) is 10.8 Å². The Hall–Kier alpha value is -2.30. The number of amides is 1. The van der Waals surface area contributed by atoms with Crippen LogP contribution in [0.25, 0.3) is 11.0 Å². The number of furan rings is 1. The maximum absolute atomic E-state index is 13.3. The van der Waals surface area contributed by atoms with E-state index in [0.717, 1.165) is 80.3 Å². The third-order valence-corrected chi connectivity index (χ3v) is 8.72. The van der Waals surface area contributed by atoms with E-state index < -0.39 is 10.7 Å². The molecule has 3 aromatic rings. The third kappa shape index (κ3) is 5.29. The predicted octanol–water partition coefficient (Wildman–Crippen LogP) is 3.79. The van der Waals surface area contributed by atoms with E-state index in [1.54, 1.807) is 36.4 Å². The van der Waals surface area contributed by atoms with Gasteiger partial charge in [0, 0.05) is 37.2 Å². The van der Waals surface area contributed by atoms with E-state index in [1.165, 1.54) is 5.56 Å². The summed E-state index contributed by atoms with van der Waals surface area (Å²) in [5.41, 5.74) is 2.87. The normalized spacial score (nSPS) is 18.6. The summed E-state index contributed by atoms with van der Waals surface area (Å²) in [4.78, 5) is 22.8. The van der Waals surface area contributed by atoms with Crippen LogP contribution >= 0.6 is 11.8 Å². The molecule has 0 radical (unpaired) electrons. The Balaban J connectivity index is 1.21. The summed E-state index contributed by atoms with van der Waals surface area (Å²) in [5, 5.41) is 0.926. The van der Waals surface area contributed by atoms with Crippen molar-refractivity contribution in [2.75, 3.05) is 31.9 Å². The number of likely N-dealkylation sites (tertiary alicyclic amines) is 2. The lowest BCUT2D eigenvalue weighted by atomic mass is 9.93. The predicted molar refractivity (Wildman–Crippen MR) is 136 cm³/mol. The van der Waals surface area contributed by atoms with Crippen molar-refractivity contribution in [1.29, 1.82) is 0 Å². The molecular weight excluding hydrogens is 484 g/mol. The van der Waals surface area contributed by atoms with Crippen molar-refractivity contribution >= 4 is 39.4 Å². The number of imidazole rings is 1. The monoisotopic (exact) mass is 516 g/mol. The largest absolute Gasteiger partial charge is 0.472 e. The van der Waals surface area contributed by atoms with Crippen molar-refractivity contribution in [3.8, 4) is 0 Å². The molecule has 2 aliphatic heterocycles. The quantitative estimate of drug-likeness (QED) is 0.378. The molecule has 10 heteroatoms. The topological polar surface area (TPSA) is 88.7 Å². The summed E-state index contributed by atoms with van der Waals surface area (Å²) in [6.07, 6.45) is 7.07. The van der Waals surface area contributed by atoms with Gasteiger partial charge < -0.3 is 13.9 Å². The lowest BCUT2D eigenvalue weighted by Gasteiger charge is -2.38. The Morgan fingerprint density at radius 1 is 1.11 bits per heavy atom. The average Bonchev–Trinajstić information content (AvgIpc) is 3.51. The van der Waals surface area contributed by atoms with Gasteiger partial charge in [0.25, 0.3) is 0 Å². The van der Waals surface area contributed by atoms with Crippen LogP contribution in [0, 0.1) is 5.92 Å². The van der Waals surface area contributed by atoms with E-state index in [9.17, 15) is 13.2 Å². The minimum absolute atomic E-state index is 0.111. The van der Waals surface area contributed by atoms with E-state index in [2.05, 4.69) is 21.3 Å². The Bertz CT molecular complexity index is 1230. The average molecular weight is 517 g/mol. The first-order valence-corrected chi connectivity index (χ1v) is 14.5. The van der Waals surface area contributed by atoms with Crippen molar-refractivity contribution in [2.45, 2.75) is 55.2 Å². The van der Waals surface area contributed by atoms with Crippen LogP contribution in [0.3, 0.4) is 0 Å². The number of carbonyl (C=O) groups is 1. The zero-order chi connectivity index (χ0) is 24.4. The lowest BCUT2D eigenvalue weighted by molar-refractivity contribution is -0.138. The van der Waals surface area contributed by atoms with E-state index in [1.807, 2.05) is 12.1 Å². The maximum atomic E-state index is 13.3. The number of nitrogens with zero attached hydrogens (tertiary/aromatic N) is 4. The zero-order valence-corrected chi connectivity index (χ0v) is 21.7. The van der Waals surface area contributed by atoms with E-state index in [4.69, 9.17) is 9.40 Å². The Morgan fingerprint density at radius 3 is 2.54 bits per heavy atom. The van der Waals surface area contributed by atoms with E-state index >= 15 is 0 Å². The number of benzene rings is 1. The molecule has 1 aromatic carbocycles. The second-order valence-electron chi connectivity index (χ2n) is 9.37. The highest BCUT2D eigenvalue weighted by Gasteiger charge is 2.32. The van der Waals surface area contributed by atoms with Crippen molar-refractivity contribution < 1.29 is 17.6 Å². The fourth-order valence-electron chi connectivity index (χ4n) is 5.34. The molecule has 8 nitrogen and oxygen atoms in total. The highest BCUT2D eigenvalue weighted by Crippen LogP contribution is 2.34. The number of aromatic nitrogens is 2. The molecule has 0 unspecified atom stereocenters. The lowest BCUT2D eigenvalue weighted by Crippen LogP contribution is -2.45. The number of hydrogen-bond acceptors (Lipinski definition) is 7. The molecule has 0 saturated carbocycles. The number of thiol groups is 1. The van der Waals surface area contributed by atoms with Crippen LogP contribution in [0.4, 0.5) is 0 Å². The van der Waals surface area contributed by atoms with Crippen LogP contribution in [-0.2, 0) is 22.0 Å². The van der Waals surface area contributed by atoms with Gasteiger partial charge in [-0.05, 0) is 68.8 Å². The number of thioether (sulfide) groups is 1. The smallest absolute Gasteiger partial charge is 0.225 e. The molecule has 0 N–H and O–H groups in total. The molecule has 5 rings (SSSR count). The van der Waals surface area contributed by atoms with Gasteiger partial charge in [0.05, 0.1) is 28.5 Å². The second kappa shape index (κ2) is 10.8. The molecule has 35 heavy (non-hydrogen) atoms. The highest BCUT2D eigenvalue weighted by atomic mass is 32.2. The number of rotatable bonds is 7. The van der Waals surface area contributed by atoms with Gasteiger partial charge in [0.2, 0.25) is 5.91 Å². The molecule has 188 valence electrons. The first-order valence-electron chi connectivity index (χ1n) is 12.3. The SMILES string of the molecule is CCSc1nc2cc([SH](=O)=O)ccc2n1C1CCN(C(=O)C2CCN(Cc3ccoc3)CC2)CC1. The molecule has 2 aromatic heterocycles. The van der Waals surface area contributed by atoms with Gasteiger partial charge in [-0.2, -0.15) is 0 Å². The van der Waals surface area contributed by atoms with Gasteiger partial charge in [-0.3, -0.25) is 9.69 Å². The molecule has 0 atom stereocenters. The molecule has 0 spiro atoms. The summed E-state index contributed by atoms with van der Waals surface area (Å²) < 4.78 is 30.3. The van der Waals surface area contributed by atoms with Crippen molar-refractivity contribution in [3.63, 3.8) is 0 Å². The second-order valence-corrected chi connectivity index (χ2v) is 11.6. The number of fused-ring (bicyclic) bond motifs is 1. The summed E-state index contributed by atoms with van der Waals surface area (Å²) in [6.45, 7) is 6.35. The summed E-state index contributed by atoms with van der Waals surface area (Å²) in [5.74, 6) is 1.30. The van der Waals surface area contributed by atoms with Gasteiger partial charge >= 0.3 is 0 Å². The third-order valence-electron chi connectivity index (χ3n) is 7.19. The Labute approximate surface area is 211 Å². The van der Waals surface area contributed by atoms with Gasteiger partial charge in [-0.15, -0.1) is 0 Å². The summed E-state index contributed by atoms with van der Waals surface area (Å²) >= 11 is 1.68. The molecule has 0 bridgehead atoms. The van der Waals surface area contributed by atoms with Gasteiger partial charge in [-0.25, -0.2) is 13.4 Å². The van der Waals surface area contributed by atoms with Gasteiger partial charge in [0.15, 0.2) is 15.9 Å². The molecule has 2 fully saturated rings. The molecule has 2 saturated heterocycles. The van der Waals surface area contributed by atoms with Crippen LogP contribution in [0.2, 0.25) is 0 Å². The van der Waals surface area contributed by atoms with Crippen molar-refractivity contribution in [2.24, 2.45) is 5.92 Å². The zero-order valence-electron chi connectivity index (χ0n) is 20.0. The first kappa shape index (κ1) is 24.4. The minimum Gasteiger partial charge on any atom is -0.472 e. The van der Waals surface area contributed by atoms with Crippen LogP contribution in [0.1, 0.15) is 44.2 Å². The van der Waals surface area contributed by atoms with Crippen molar-refractivity contribution in [1.82, 2.24) is 19.4 Å². The summed E-state index contributed by atoms with van der Waals surface area (Å²) in [7, 11) is -2.63. The van der Waals surface area contributed by atoms with Crippen LogP contribution in [0.15, 0.2) is 51.3 Å².